The van der Waals surface area contributed by atoms with Crippen molar-refractivity contribution in [2.45, 2.75) is 25.5 Å². The molecule has 6 nitrogen and oxygen atoms in total. The molecule has 6 heteroatoms. The number of carbonyl (C=O) groups is 1. The number of nitrogens with two attached hydrogens (primary N) is 1. The van der Waals surface area contributed by atoms with E-state index in [9.17, 15) is 9.59 Å². The normalized spacial score (nSPS) is 23.8. The van der Waals surface area contributed by atoms with Crippen LogP contribution in [0.25, 0.3) is 0 Å². The first-order chi connectivity index (χ1) is 11.6. The molecule has 0 saturated heterocycles. The first-order valence-electron chi connectivity index (χ1n) is 8.12. The Morgan fingerprint density at radius 2 is 1.92 bits per heavy atom. The molecule has 1 heterocycles. The van der Waals surface area contributed by atoms with E-state index in [0.29, 0.717) is 11.8 Å². The fourth-order valence-electron chi connectivity index (χ4n) is 3.37. The van der Waals surface area contributed by atoms with Crippen molar-refractivity contribution in [3.05, 3.63) is 64.1 Å². The standard InChI is InChI=1S/C18H19N3O3/c19-21-7-6-14(22)17(24-10-11-4-2-1-3-5-11)16(21)18(23)20-15-12-8-13(15)9-12/h1-7,12-13,15H,8-10,19H2,(H,20,23). The molecule has 3 fully saturated rings. The van der Waals surface area contributed by atoms with Crippen molar-refractivity contribution in [3.63, 3.8) is 0 Å². The van der Waals surface area contributed by atoms with Crippen LogP contribution < -0.4 is 21.3 Å². The number of aromatic nitrogens is 1. The van der Waals surface area contributed by atoms with Gasteiger partial charge < -0.3 is 15.9 Å². The quantitative estimate of drug-likeness (QED) is 0.811. The Hall–Kier alpha value is -2.76. The molecule has 2 aromatic rings. The summed E-state index contributed by atoms with van der Waals surface area (Å²) in [6.45, 7) is 0.203. The number of carbonyl (C=O) groups excluding carboxylic acids is 1. The smallest absolute Gasteiger partial charge is 0.274 e. The summed E-state index contributed by atoms with van der Waals surface area (Å²) in [4.78, 5) is 24.8. The highest BCUT2D eigenvalue weighted by Crippen LogP contribution is 2.53. The van der Waals surface area contributed by atoms with E-state index in [1.807, 2.05) is 30.3 Å². The van der Waals surface area contributed by atoms with Crippen LogP contribution in [0.2, 0.25) is 0 Å². The van der Waals surface area contributed by atoms with Crippen LogP contribution in [0.4, 0.5) is 0 Å². The number of nitrogens with one attached hydrogen (secondary N) is 1. The lowest BCUT2D eigenvalue weighted by Crippen LogP contribution is -2.63. The number of benzene rings is 1. The van der Waals surface area contributed by atoms with Crippen molar-refractivity contribution in [1.29, 1.82) is 0 Å². The van der Waals surface area contributed by atoms with Gasteiger partial charge in [0.25, 0.3) is 5.91 Å². The van der Waals surface area contributed by atoms with Crippen LogP contribution in [0.15, 0.2) is 47.4 Å². The highest BCUT2D eigenvalue weighted by molar-refractivity contribution is 5.95. The summed E-state index contributed by atoms with van der Waals surface area (Å²) in [5, 5.41) is 2.98. The van der Waals surface area contributed by atoms with Gasteiger partial charge in [0, 0.05) is 18.3 Å². The minimum Gasteiger partial charge on any atom is -0.482 e. The Labute approximate surface area is 139 Å². The number of ether oxygens (including phenoxy) is 1. The van der Waals surface area contributed by atoms with E-state index in [2.05, 4.69) is 5.32 Å². The van der Waals surface area contributed by atoms with Gasteiger partial charge in [-0.15, -0.1) is 0 Å². The second-order valence-corrected chi connectivity index (χ2v) is 6.53. The third kappa shape index (κ3) is 2.44. The largest absolute Gasteiger partial charge is 0.482 e. The highest BCUT2D eigenvalue weighted by atomic mass is 16.5. The van der Waals surface area contributed by atoms with E-state index >= 15 is 0 Å². The molecule has 0 spiro atoms. The third-order valence-corrected chi connectivity index (χ3v) is 5.05. The fraction of sp³-hybridized carbons (Fsp3) is 0.333. The molecule has 3 saturated carbocycles. The molecule has 24 heavy (non-hydrogen) atoms. The van der Waals surface area contributed by atoms with E-state index in [0.717, 1.165) is 10.2 Å². The maximum atomic E-state index is 12.6. The maximum absolute atomic E-state index is 12.6. The molecular formula is C18H19N3O3. The van der Waals surface area contributed by atoms with Gasteiger partial charge in [-0.3, -0.25) is 14.3 Å². The number of pyridine rings is 1. The number of hydrogen-bond donors (Lipinski definition) is 2. The van der Waals surface area contributed by atoms with Gasteiger partial charge in [-0.25, -0.2) is 0 Å². The lowest BCUT2D eigenvalue weighted by Gasteiger charge is -2.58. The topological polar surface area (TPSA) is 86.3 Å². The molecule has 0 atom stereocenters. The minimum absolute atomic E-state index is 0.00523. The Morgan fingerprint density at radius 3 is 2.54 bits per heavy atom. The summed E-state index contributed by atoms with van der Waals surface area (Å²) in [6, 6.07) is 11.0. The van der Waals surface area contributed by atoms with Crippen LogP contribution in [0, 0.1) is 11.8 Å². The number of amides is 1. The highest BCUT2D eigenvalue weighted by Gasteiger charge is 2.53. The second-order valence-electron chi connectivity index (χ2n) is 6.53. The molecule has 3 N–H and O–H groups in total. The van der Waals surface area contributed by atoms with Crippen LogP contribution in [0.1, 0.15) is 28.9 Å². The predicted molar refractivity (Wildman–Crippen MR) is 89.1 cm³/mol. The summed E-state index contributed by atoms with van der Waals surface area (Å²) < 4.78 is 6.81. The third-order valence-electron chi connectivity index (χ3n) is 5.05. The van der Waals surface area contributed by atoms with Crippen LogP contribution in [-0.2, 0) is 6.61 Å². The van der Waals surface area contributed by atoms with Crippen molar-refractivity contribution in [1.82, 2.24) is 9.99 Å². The predicted octanol–water partition coefficient (Wildman–Crippen LogP) is 1.28. The van der Waals surface area contributed by atoms with Gasteiger partial charge in [0.15, 0.2) is 11.4 Å². The average Bonchev–Trinajstić information content (AvgIpc) is 2.52. The molecule has 124 valence electrons. The van der Waals surface area contributed by atoms with E-state index in [1.54, 1.807) is 0 Å². The van der Waals surface area contributed by atoms with Crippen LogP contribution in [0.3, 0.4) is 0 Å². The van der Waals surface area contributed by atoms with Gasteiger partial charge in [-0.05, 0) is 30.2 Å². The van der Waals surface area contributed by atoms with E-state index in [-0.39, 0.29) is 35.4 Å². The average molecular weight is 325 g/mol. The van der Waals surface area contributed by atoms with Gasteiger partial charge in [0.1, 0.15) is 6.61 Å². The molecule has 1 aromatic carbocycles. The number of nitrogens with zero attached hydrogens (tertiary/aromatic N) is 1. The van der Waals surface area contributed by atoms with Gasteiger partial charge in [-0.1, -0.05) is 30.3 Å². The summed E-state index contributed by atoms with van der Waals surface area (Å²) in [5.41, 5.74) is 0.636. The van der Waals surface area contributed by atoms with Gasteiger partial charge >= 0.3 is 0 Å². The van der Waals surface area contributed by atoms with Crippen molar-refractivity contribution in [3.8, 4) is 5.75 Å². The molecule has 0 radical (unpaired) electrons. The number of rotatable bonds is 5. The minimum atomic E-state index is -0.350. The summed E-state index contributed by atoms with van der Waals surface area (Å²) in [5.74, 6) is 6.68. The number of hydrogen-bond acceptors (Lipinski definition) is 4. The Morgan fingerprint density at radius 1 is 1.21 bits per heavy atom. The molecular weight excluding hydrogens is 306 g/mol. The molecule has 0 aliphatic heterocycles. The van der Waals surface area contributed by atoms with Crippen LogP contribution >= 0.6 is 0 Å². The van der Waals surface area contributed by atoms with Crippen molar-refractivity contribution in [2.75, 3.05) is 5.84 Å². The van der Waals surface area contributed by atoms with Gasteiger partial charge in [0.05, 0.1) is 0 Å². The zero-order valence-corrected chi connectivity index (χ0v) is 13.1. The zero-order chi connectivity index (χ0) is 16.7. The van der Waals surface area contributed by atoms with Crippen LogP contribution in [0.5, 0.6) is 5.75 Å². The van der Waals surface area contributed by atoms with Crippen molar-refractivity contribution in [2.24, 2.45) is 11.8 Å². The molecule has 2 bridgehead atoms. The van der Waals surface area contributed by atoms with E-state index < -0.39 is 0 Å². The fourth-order valence-corrected chi connectivity index (χ4v) is 3.37. The maximum Gasteiger partial charge on any atom is 0.274 e. The first kappa shape index (κ1) is 14.8. The SMILES string of the molecule is Nn1ccc(=O)c(OCc2ccccc2)c1C(=O)NC1C2CC1C2. The van der Waals surface area contributed by atoms with E-state index in [4.69, 9.17) is 10.6 Å². The second kappa shape index (κ2) is 5.70. The Bertz CT molecular complexity index is 817. The summed E-state index contributed by atoms with van der Waals surface area (Å²) in [6.07, 6.45) is 3.76. The zero-order valence-electron chi connectivity index (χ0n) is 13.1. The van der Waals surface area contributed by atoms with Crippen molar-refractivity contribution >= 4 is 5.91 Å². The van der Waals surface area contributed by atoms with Crippen molar-refractivity contribution < 1.29 is 9.53 Å². The van der Waals surface area contributed by atoms with Crippen LogP contribution in [-0.4, -0.2) is 16.6 Å². The first-order valence-corrected chi connectivity index (χ1v) is 8.12. The summed E-state index contributed by atoms with van der Waals surface area (Å²) >= 11 is 0. The van der Waals surface area contributed by atoms with Gasteiger partial charge in [-0.2, -0.15) is 0 Å². The molecule has 5 rings (SSSR count). The molecule has 3 aliphatic carbocycles. The monoisotopic (exact) mass is 325 g/mol. The van der Waals surface area contributed by atoms with E-state index in [1.165, 1.54) is 25.1 Å². The molecule has 1 amide bonds. The number of nitrogen functional groups attached to an aromatic ring is 1. The lowest BCUT2D eigenvalue weighted by atomic mass is 9.52. The molecule has 0 unspecified atom stereocenters. The molecule has 1 aromatic heterocycles. The summed E-state index contributed by atoms with van der Waals surface area (Å²) in [7, 11) is 0. The Kier molecular flexibility index (Phi) is 3.52. The molecule has 3 aliphatic rings. The van der Waals surface area contributed by atoms with Gasteiger partial charge in [0.2, 0.25) is 5.43 Å². The lowest BCUT2D eigenvalue weighted by molar-refractivity contribution is -0.0368. The Balaban J connectivity index is 1.56.